The number of fused-ring (bicyclic) bond motifs is 1. The third kappa shape index (κ3) is 7.13. The maximum atomic E-state index is 12.5. The number of rotatable bonds is 10. The predicted molar refractivity (Wildman–Crippen MR) is 156 cm³/mol. The molecule has 0 fully saturated rings. The van der Waals surface area contributed by atoms with Gasteiger partial charge in [0.2, 0.25) is 0 Å². The number of anilines is 1. The number of hydrogen-bond acceptors (Lipinski definition) is 6. The molecule has 3 rings (SSSR count). The molecule has 0 bridgehead atoms. The number of aromatic hydroxyl groups is 1. The molecule has 0 aliphatic rings. The van der Waals surface area contributed by atoms with Crippen molar-refractivity contribution in [2.75, 3.05) is 32.5 Å². The first-order valence-corrected chi connectivity index (χ1v) is 12.7. The van der Waals surface area contributed by atoms with Gasteiger partial charge in [-0.2, -0.15) is 0 Å². The third-order valence-electron chi connectivity index (χ3n) is 5.82. The fourth-order valence-corrected chi connectivity index (χ4v) is 4.21. The van der Waals surface area contributed by atoms with Gasteiger partial charge in [0.05, 0.1) is 26.8 Å². The second-order valence-corrected chi connectivity index (χ2v) is 9.61. The molecule has 0 amide bonds. The Kier molecular flexibility index (Phi) is 9.75. The van der Waals surface area contributed by atoms with Crippen LogP contribution in [0.25, 0.3) is 22.0 Å². The molecule has 0 aliphatic heterocycles. The summed E-state index contributed by atoms with van der Waals surface area (Å²) >= 11 is 12.3. The van der Waals surface area contributed by atoms with Crippen LogP contribution >= 0.6 is 23.2 Å². The van der Waals surface area contributed by atoms with E-state index in [-0.39, 0.29) is 21.6 Å². The van der Waals surface area contributed by atoms with E-state index in [1.54, 1.807) is 18.3 Å². The average molecular weight is 540 g/mol. The Morgan fingerprint density at radius 3 is 2.27 bits per heavy atom. The van der Waals surface area contributed by atoms with Crippen molar-refractivity contribution in [3.63, 3.8) is 0 Å². The molecule has 0 radical (unpaired) electrons. The van der Waals surface area contributed by atoms with Gasteiger partial charge in [-0.15, -0.1) is 0 Å². The van der Waals surface area contributed by atoms with Crippen molar-refractivity contribution in [1.82, 2.24) is 15.2 Å². The Labute approximate surface area is 228 Å². The number of carbonyl (C=O) groups is 1. The Bertz CT molecular complexity index is 1370. The number of hydrogen-bond donors (Lipinski definition) is 3. The Morgan fingerprint density at radius 1 is 1.03 bits per heavy atom. The van der Waals surface area contributed by atoms with Gasteiger partial charge in [0.25, 0.3) is 0 Å². The van der Waals surface area contributed by atoms with Crippen molar-refractivity contribution in [3.05, 3.63) is 87.8 Å². The van der Waals surface area contributed by atoms with Gasteiger partial charge < -0.3 is 20.6 Å². The summed E-state index contributed by atoms with van der Waals surface area (Å²) in [6.07, 6.45) is 9.53. The highest BCUT2D eigenvalue weighted by atomic mass is 35.5. The average Bonchev–Trinajstić information content (AvgIpc) is 2.87. The van der Waals surface area contributed by atoms with E-state index >= 15 is 0 Å². The molecule has 2 aromatic carbocycles. The highest BCUT2D eigenvalue weighted by Gasteiger charge is 2.15. The molecule has 3 N–H and O–H groups in total. The molecule has 1 heterocycles. The zero-order valence-corrected chi connectivity index (χ0v) is 23.2. The van der Waals surface area contributed by atoms with Gasteiger partial charge >= 0.3 is 0 Å². The van der Waals surface area contributed by atoms with E-state index in [4.69, 9.17) is 23.2 Å². The number of nitrogens with one attached hydrogen (secondary N) is 2. The number of halogens is 2. The van der Waals surface area contributed by atoms with Crippen molar-refractivity contribution in [2.24, 2.45) is 0 Å². The van der Waals surface area contributed by atoms with Gasteiger partial charge in [-0.25, -0.2) is 0 Å². The van der Waals surface area contributed by atoms with Crippen LogP contribution in [0.15, 0.2) is 72.2 Å². The van der Waals surface area contributed by atoms with Crippen LogP contribution in [0.1, 0.15) is 31.1 Å². The molecule has 194 valence electrons. The van der Waals surface area contributed by atoms with Crippen LogP contribution in [0.3, 0.4) is 0 Å². The number of nitrogens with zero attached hydrogens (tertiary/aromatic N) is 2. The fourth-order valence-electron chi connectivity index (χ4n) is 3.72. The zero-order valence-electron chi connectivity index (χ0n) is 21.7. The van der Waals surface area contributed by atoms with E-state index in [0.717, 1.165) is 46.5 Å². The van der Waals surface area contributed by atoms with Crippen LogP contribution in [0.5, 0.6) is 5.75 Å². The summed E-state index contributed by atoms with van der Waals surface area (Å²) < 4.78 is 0. The SMILES string of the molecule is CC=C(/C=C\C(=C/C)Nc1c(C(C)=O)cnc2ccc(-c3cc(Cl)c(O)c(Cl)c3)cc12)NCCN(C)C. The van der Waals surface area contributed by atoms with Crippen molar-refractivity contribution in [1.29, 1.82) is 0 Å². The quantitative estimate of drug-likeness (QED) is 0.189. The van der Waals surface area contributed by atoms with Crippen molar-refractivity contribution in [3.8, 4) is 16.9 Å². The van der Waals surface area contributed by atoms with Crippen LogP contribution < -0.4 is 10.6 Å². The topological polar surface area (TPSA) is 77.5 Å². The number of Topliss-reactive ketones (excluding diaryl/α,β-unsaturated/α-hetero) is 1. The highest BCUT2D eigenvalue weighted by Crippen LogP contribution is 2.38. The Balaban J connectivity index is 2.02. The van der Waals surface area contributed by atoms with Crippen molar-refractivity contribution >= 4 is 45.6 Å². The first kappa shape index (κ1) is 28.3. The highest BCUT2D eigenvalue weighted by molar-refractivity contribution is 6.37. The third-order valence-corrected chi connectivity index (χ3v) is 6.40. The van der Waals surface area contributed by atoms with Gasteiger partial charge in [0, 0.05) is 36.1 Å². The molecule has 0 unspecified atom stereocenters. The summed E-state index contributed by atoms with van der Waals surface area (Å²) in [7, 11) is 4.08. The maximum absolute atomic E-state index is 12.5. The van der Waals surface area contributed by atoms with Crippen LogP contribution in [0.4, 0.5) is 5.69 Å². The Morgan fingerprint density at radius 2 is 1.68 bits per heavy atom. The zero-order chi connectivity index (χ0) is 27.1. The van der Waals surface area contributed by atoms with E-state index in [1.165, 1.54) is 6.92 Å². The summed E-state index contributed by atoms with van der Waals surface area (Å²) in [5, 5.41) is 17.9. The summed E-state index contributed by atoms with van der Waals surface area (Å²) in [6, 6.07) is 9.03. The van der Waals surface area contributed by atoms with Gasteiger partial charge in [0.1, 0.15) is 0 Å². The number of carbonyl (C=O) groups excluding carboxylic acids is 1. The first-order chi connectivity index (χ1) is 17.6. The minimum atomic E-state index is -0.156. The Hall–Kier alpha value is -3.32. The molecule has 3 aromatic rings. The summed E-state index contributed by atoms with van der Waals surface area (Å²) in [4.78, 5) is 19.2. The van der Waals surface area contributed by atoms with E-state index in [9.17, 15) is 9.90 Å². The molecule has 37 heavy (non-hydrogen) atoms. The van der Waals surface area contributed by atoms with Crippen LogP contribution in [-0.4, -0.2) is 48.0 Å². The number of aromatic nitrogens is 1. The predicted octanol–water partition coefficient (Wildman–Crippen LogP) is 7.04. The van der Waals surface area contributed by atoms with Crippen molar-refractivity contribution in [2.45, 2.75) is 20.8 Å². The second kappa shape index (κ2) is 12.8. The van der Waals surface area contributed by atoms with Crippen molar-refractivity contribution < 1.29 is 9.90 Å². The number of pyridine rings is 1. The molecule has 0 saturated carbocycles. The summed E-state index contributed by atoms with van der Waals surface area (Å²) in [5.41, 5.74) is 5.25. The normalized spacial score (nSPS) is 12.5. The standard InChI is InChI=1S/C29H32Cl2N4O2/c1-6-21(32-12-13-35(4)5)9-10-22(7-2)34-28-23-14-19(20-15-25(30)29(37)26(31)16-20)8-11-27(23)33-17-24(28)18(3)36/h6-11,14-17,32,37H,12-13H2,1-5H3,(H,33,34)/b10-9-,21-6?,22-7+. The molecule has 1 aromatic heterocycles. The summed E-state index contributed by atoms with van der Waals surface area (Å²) in [5.74, 6) is -0.256. The largest absolute Gasteiger partial charge is 0.505 e. The molecule has 6 nitrogen and oxygen atoms in total. The lowest BCUT2D eigenvalue weighted by Crippen LogP contribution is -2.25. The molecule has 0 spiro atoms. The molecule has 0 atom stereocenters. The van der Waals surface area contributed by atoms with E-state index < -0.39 is 0 Å². The minimum absolute atomic E-state index is 0.100. The number of allylic oxidation sites excluding steroid dienone is 4. The van der Waals surface area contributed by atoms with Crippen LogP contribution in [0, 0.1) is 0 Å². The minimum Gasteiger partial charge on any atom is -0.505 e. The lowest BCUT2D eigenvalue weighted by Gasteiger charge is -2.16. The van der Waals surface area contributed by atoms with E-state index in [0.29, 0.717) is 11.3 Å². The van der Waals surface area contributed by atoms with E-state index in [1.807, 2.05) is 70.4 Å². The number of ketones is 1. The lowest BCUT2D eigenvalue weighted by molar-refractivity contribution is 0.101. The fraction of sp³-hybridized carbons (Fsp3) is 0.241. The second-order valence-electron chi connectivity index (χ2n) is 8.80. The van der Waals surface area contributed by atoms with Crippen LogP contribution in [-0.2, 0) is 0 Å². The number of benzene rings is 2. The van der Waals surface area contributed by atoms with Gasteiger partial charge in [-0.05, 0) is 82.4 Å². The first-order valence-electron chi connectivity index (χ1n) is 11.9. The lowest BCUT2D eigenvalue weighted by atomic mass is 10.00. The molecular weight excluding hydrogens is 507 g/mol. The monoisotopic (exact) mass is 538 g/mol. The smallest absolute Gasteiger partial charge is 0.163 e. The van der Waals surface area contributed by atoms with Gasteiger partial charge in [-0.3, -0.25) is 9.78 Å². The van der Waals surface area contributed by atoms with Gasteiger partial charge in [-0.1, -0.05) is 41.4 Å². The molecular formula is C29H32Cl2N4O2. The molecule has 8 heteroatoms. The van der Waals surface area contributed by atoms with Crippen LogP contribution in [0.2, 0.25) is 10.0 Å². The number of phenols is 1. The molecule has 0 aliphatic carbocycles. The number of phenolic OH excluding ortho intramolecular Hbond substituents is 1. The number of likely N-dealkylation sites (N-methyl/N-ethyl adjacent to an activating group) is 1. The van der Waals surface area contributed by atoms with Gasteiger partial charge in [0.15, 0.2) is 11.5 Å². The summed E-state index contributed by atoms with van der Waals surface area (Å²) in [6.45, 7) is 7.19. The maximum Gasteiger partial charge on any atom is 0.163 e. The molecule has 0 saturated heterocycles. The van der Waals surface area contributed by atoms with E-state index in [2.05, 4.69) is 20.5 Å².